The predicted octanol–water partition coefficient (Wildman–Crippen LogP) is 1.60. The van der Waals surface area contributed by atoms with Gasteiger partial charge in [-0.2, -0.15) is 0 Å². The third-order valence-corrected chi connectivity index (χ3v) is 2.48. The van der Waals surface area contributed by atoms with E-state index >= 15 is 0 Å². The summed E-state index contributed by atoms with van der Waals surface area (Å²) in [6.07, 6.45) is 2.33. The number of nitrogens with one attached hydrogen (secondary N) is 1. The van der Waals surface area contributed by atoms with Crippen LogP contribution in [0.25, 0.3) is 0 Å². The Hall–Kier alpha value is -1.71. The van der Waals surface area contributed by atoms with Crippen LogP contribution in [0.1, 0.15) is 23.2 Å². The molecule has 1 saturated carbocycles. The molecule has 86 valence electrons. The second kappa shape index (κ2) is 4.43. The quantitative estimate of drug-likeness (QED) is 0.840. The summed E-state index contributed by atoms with van der Waals surface area (Å²) >= 11 is 0. The zero-order valence-corrected chi connectivity index (χ0v) is 9.45. The molecule has 0 radical (unpaired) electrons. The van der Waals surface area contributed by atoms with Crippen molar-refractivity contribution in [3.63, 3.8) is 0 Å². The van der Waals surface area contributed by atoms with E-state index < -0.39 is 0 Å². The van der Waals surface area contributed by atoms with Gasteiger partial charge < -0.3 is 14.8 Å². The fraction of sp³-hybridized carbons (Fsp3) is 0.417. The third kappa shape index (κ3) is 2.10. The molecule has 1 fully saturated rings. The van der Waals surface area contributed by atoms with Crippen LogP contribution in [0.4, 0.5) is 0 Å². The van der Waals surface area contributed by atoms with E-state index in [2.05, 4.69) is 5.32 Å². The normalized spacial score (nSPS) is 14.4. The zero-order chi connectivity index (χ0) is 11.5. The van der Waals surface area contributed by atoms with Gasteiger partial charge in [0.15, 0.2) is 11.5 Å². The van der Waals surface area contributed by atoms with E-state index in [9.17, 15) is 4.79 Å². The molecule has 0 aromatic heterocycles. The average molecular weight is 221 g/mol. The third-order valence-electron chi connectivity index (χ3n) is 2.48. The van der Waals surface area contributed by atoms with Crippen LogP contribution in [-0.4, -0.2) is 26.2 Å². The summed E-state index contributed by atoms with van der Waals surface area (Å²) in [6.45, 7) is 0. The van der Waals surface area contributed by atoms with Gasteiger partial charge in [-0.15, -0.1) is 0 Å². The lowest BCUT2D eigenvalue weighted by Gasteiger charge is -2.13. The SMILES string of the molecule is CNC(=O)c1cccc(OC)c1OC1CC1. The van der Waals surface area contributed by atoms with Crippen LogP contribution >= 0.6 is 0 Å². The van der Waals surface area contributed by atoms with E-state index in [1.54, 1.807) is 32.4 Å². The maximum absolute atomic E-state index is 11.7. The van der Waals surface area contributed by atoms with Crippen molar-refractivity contribution < 1.29 is 14.3 Å². The molecule has 1 aliphatic carbocycles. The summed E-state index contributed by atoms with van der Waals surface area (Å²) in [6, 6.07) is 5.31. The Labute approximate surface area is 94.6 Å². The van der Waals surface area contributed by atoms with E-state index in [0.29, 0.717) is 17.1 Å². The molecule has 16 heavy (non-hydrogen) atoms. The van der Waals surface area contributed by atoms with Crippen molar-refractivity contribution in [1.29, 1.82) is 0 Å². The van der Waals surface area contributed by atoms with Crippen molar-refractivity contribution in [2.75, 3.05) is 14.2 Å². The minimum Gasteiger partial charge on any atom is -0.493 e. The minimum atomic E-state index is -0.158. The number of para-hydroxylation sites is 1. The van der Waals surface area contributed by atoms with Crippen molar-refractivity contribution in [3.05, 3.63) is 23.8 Å². The Bertz CT molecular complexity index is 399. The molecule has 1 N–H and O–H groups in total. The summed E-state index contributed by atoms with van der Waals surface area (Å²) in [5.74, 6) is 0.995. The van der Waals surface area contributed by atoms with E-state index in [0.717, 1.165) is 12.8 Å². The first-order valence-corrected chi connectivity index (χ1v) is 5.32. The molecule has 4 nitrogen and oxygen atoms in total. The molecule has 0 saturated heterocycles. The van der Waals surface area contributed by atoms with Gasteiger partial charge in [0.05, 0.1) is 18.8 Å². The predicted molar refractivity (Wildman–Crippen MR) is 60.0 cm³/mol. The Morgan fingerprint density at radius 1 is 1.44 bits per heavy atom. The highest BCUT2D eigenvalue weighted by Crippen LogP contribution is 2.36. The van der Waals surface area contributed by atoms with Crippen LogP contribution in [0.15, 0.2) is 18.2 Å². The van der Waals surface area contributed by atoms with Gasteiger partial charge in [0.25, 0.3) is 5.91 Å². The van der Waals surface area contributed by atoms with E-state index in [1.807, 2.05) is 0 Å². The number of benzene rings is 1. The number of hydrogen-bond donors (Lipinski definition) is 1. The molecule has 1 aromatic rings. The smallest absolute Gasteiger partial charge is 0.254 e. The molecule has 0 aliphatic heterocycles. The number of amides is 1. The van der Waals surface area contributed by atoms with Crippen molar-refractivity contribution in [2.24, 2.45) is 0 Å². The topological polar surface area (TPSA) is 47.6 Å². The fourth-order valence-electron chi connectivity index (χ4n) is 1.46. The number of rotatable bonds is 4. The Morgan fingerprint density at radius 2 is 2.19 bits per heavy atom. The first kappa shape index (κ1) is 10.8. The van der Waals surface area contributed by atoms with Gasteiger partial charge in [-0.3, -0.25) is 4.79 Å². The second-order valence-corrected chi connectivity index (χ2v) is 3.73. The highest BCUT2D eigenvalue weighted by Gasteiger charge is 2.27. The maximum Gasteiger partial charge on any atom is 0.254 e. The lowest BCUT2D eigenvalue weighted by Crippen LogP contribution is -2.19. The summed E-state index contributed by atoms with van der Waals surface area (Å²) in [4.78, 5) is 11.7. The van der Waals surface area contributed by atoms with E-state index in [4.69, 9.17) is 9.47 Å². The van der Waals surface area contributed by atoms with Crippen molar-refractivity contribution >= 4 is 5.91 Å². The Kier molecular flexibility index (Phi) is 2.99. The van der Waals surface area contributed by atoms with Gasteiger partial charge in [-0.05, 0) is 25.0 Å². The standard InChI is InChI=1S/C12H15NO3/c1-13-12(14)9-4-3-5-10(15-2)11(9)16-8-6-7-8/h3-5,8H,6-7H2,1-2H3,(H,13,14). The van der Waals surface area contributed by atoms with Crippen LogP contribution in [-0.2, 0) is 0 Å². The number of carbonyl (C=O) groups is 1. The molecule has 0 heterocycles. The van der Waals surface area contributed by atoms with Gasteiger partial charge in [-0.25, -0.2) is 0 Å². The number of hydrogen-bond acceptors (Lipinski definition) is 3. The number of carbonyl (C=O) groups excluding carboxylic acids is 1. The monoisotopic (exact) mass is 221 g/mol. The summed E-state index contributed by atoms with van der Waals surface area (Å²) in [7, 11) is 3.17. The summed E-state index contributed by atoms with van der Waals surface area (Å²) < 4.78 is 10.9. The van der Waals surface area contributed by atoms with Crippen molar-refractivity contribution in [3.8, 4) is 11.5 Å². The molecule has 1 aromatic carbocycles. The second-order valence-electron chi connectivity index (χ2n) is 3.73. The largest absolute Gasteiger partial charge is 0.493 e. The molecular weight excluding hydrogens is 206 g/mol. The number of methoxy groups -OCH3 is 1. The molecule has 0 spiro atoms. The lowest BCUT2D eigenvalue weighted by atomic mass is 10.1. The molecule has 0 bridgehead atoms. The lowest BCUT2D eigenvalue weighted by molar-refractivity contribution is 0.0958. The highest BCUT2D eigenvalue weighted by atomic mass is 16.5. The van der Waals surface area contributed by atoms with Gasteiger partial charge in [0.2, 0.25) is 0 Å². The van der Waals surface area contributed by atoms with Crippen molar-refractivity contribution in [2.45, 2.75) is 18.9 Å². The van der Waals surface area contributed by atoms with Gasteiger partial charge in [0.1, 0.15) is 0 Å². The van der Waals surface area contributed by atoms with Crippen LogP contribution in [0.5, 0.6) is 11.5 Å². The van der Waals surface area contributed by atoms with Gasteiger partial charge >= 0.3 is 0 Å². The molecule has 0 atom stereocenters. The first-order valence-electron chi connectivity index (χ1n) is 5.32. The first-order chi connectivity index (χ1) is 7.76. The van der Waals surface area contributed by atoms with Crippen LogP contribution in [0.3, 0.4) is 0 Å². The van der Waals surface area contributed by atoms with Gasteiger partial charge in [0, 0.05) is 7.05 Å². The Morgan fingerprint density at radius 3 is 2.75 bits per heavy atom. The van der Waals surface area contributed by atoms with E-state index in [-0.39, 0.29) is 12.0 Å². The van der Waals surface area contributed by atoms with E-state index in [1.165, 1.54) is 0 Å². The Balaban J connectivity index is 2.36. The molecule has 0 unspecified atom stereocenters. The van der Waals surface area contributed by atoms with Crippen molar-refractivity contribution in [1.82, 2.24) is 5.32 Å². The van der Waals surface area contributed by atoms with Crippen LogP contribution in [0.2, 0.25) is 0 Å². The average Bonchev–Trinajstić information content (AvgIpc) is 3.12. The summed E-state index contributed by atoms with van der Waals surface area (Å²) in [5.41, 5.74) is 0.522. The molecule has 2 rings (SSSR count). The number of ether oxygens (including phenoxy) is 2. The highest BCUT2D eigenvalue weighted by molar-refractivity contribution is 5.97. The zero-order valence-electron chi connectivity index (χ0n) is 9.45. The molecule has 1 amide bonds. The fourth-order valence-corrected chi connectivity index (χ4v) is 1.46. The van der Waals surface area contributed by atoms with Crippen LogP contribution < -0.4 is 14.8 Å². The maximum atomic E-state index is 11.7. The molecule has 4 heteroatoms. The molecular formula is C12H15NO3. The molecule has 1 aliphatic rings. The minimum absolute atomic E-state index is 0.158. The van der Waals surface area contributed by atoms with Gasteiger partial charge in [-0.1, -0.05) is 6.07 Å². The summed E-state index contributed by atoms with van der Waals surface area (Å²) in [5, 5.41) is 2.59. The van der Waals surface area contributed by atoms with Crippen LogP contribution in [0, 0.1) is 0 Å².